The maximum absolute atomic E-state index is 12.6. The quantitative estimate of drug-likeness (QED) is 0.616. The average molecular weight is 362 g/mol. The topological polar surface area (TPSA) is 101 Å². The molecule has 27 heavy (non-hydrogen) atoms. The second-order valence-corrected chi connectivity index (χ2v) is 7.07. The maximum Gasteiger partial charge on any atom is 0.223 e. The lowest BCUT2D eigenvalue weighted by atomic mass is 9.92. The molecule has 138 valence electrons. The van der Waals surface area contributed by atoms with Crippen LogP contribution in [0.1, 0.15) is 41.6 Å². The Morgan fingerprint density at radius 1 is 1.11 bits per heavy atom. The zero-order valence-corrected chi connectivity index (χ0v) is 14.9. The Morgan fingerprint density at radius 2 is 1.85 bits per heavy atom. The van der Waals surface area contributed by atoms with E-state index in [4.69, 9.17) is 5.73 Å². The van der Waals surface area contributed by atoms with Crippen LogP contribution < -0.4 is 11.1 Å². The number of aromatic nitrogens is 2. The number of hydrogen-bond acceptors (Lipinski definition) is 6. The first-order chi connectivity index (χ1) is 13.1. The zero-order chi connectivity index (χ0) is 18.8. The van der Waals surface area contributed by atoms with Crippen molar-refractivity contribution in [3.05, 3.63) is 59.8 Å². The molecule has 1 fully saturated rings. The summed E-state index contributed by atoms with van der Waals surface area (Å²) in [7, 11) is 0. The number of carbonyl (C=O) groups is 1. The van der Waals surface area contributed by atoms with Gasteiger partial charge in [-0.1, -0.05) is 30.3 Å². The number of fused-ring (bicyclic) bond motifs is 1. The van der Waals surface area contributed by atoms with Gasteiger partial charge in [-0.15, -0.1) is 0 Å². The molecule has 3 aromatic rings. The molecule has 1 heterocycles. The number of carbonyl (C=O) groups excluding carboxylic acids is 1. The van der Waals surface area contributed by atoms with Crippen molar-refractivity contribution in [3.63, 3.8) is 0 Å². The van der Waals surface area contributed by atoms with E-state index in [1.54, 1.807) is 36.5 Å². The van der Waals surface area contributed by atoms with Crippen LogP contribution in [0.5, 0.6) is 5.75 Å². The fourth-order valence-electron chi connectivity index (χ4n) is 3.51. The van der Waals surface area contributed by atoms with E-state index < -0.39 is 0 Å². The van der Waals surface area contributed by atoms with Crippen LogP contribution in [-0.4, -0.2) is 32.9 Å². The van der Waals surface area contributed by atoms with E-state index >= 15 is 0 Å². The standard InChI is InChI=1S/C21H22N4O2/c22-15-6-8-16(9-7-15)24-21-23-12-14-10-17(19(26)11-18(14)25-21)20(27)13-4-2-1-3-5-13/h1-5,10-12,15-16,26H,6-9,22H2,(H,23,24,25)/t15-,16-. The predicted molar refractivity (Wildman–Crippen MR) is 105 cm³/mol. The lowest BCUT2D eigenvalue weighted by Crippen LogP contribution is -2.33. The minimum Gasteiger partial charge on any atom is -0.507 e. The molecule has 0 aliphatic heterocycles. The number of nitrogens with zero attached hydrogens (tertiary/aromatic N) is 2. The van der Waals surface area contributed by atoms with Gasteiger partial charge in [-0.2, -0.15) is 0 Å². The Hall–Kier alpha value is -2.99. The van der Waals surface area contributed by atoms with E-state index in [2.05, 4.69) is 15.3 Å². The van der Waals surface area contributed by atoms with Crippen LogP contribution in [0.25, 0.3) is 10.9 Å². The molecule has 0 radical (unpaired) electrons. The summed E-state index contributed by atoms with van der Waals surface area (Å²) in [6, 6.07) is 12.7. The van der Waals surface area contributed by atoms with Gasteiger partial charge in [0, 0.05) is 35.3 Å². The van der Waals surface area contributed by atoms with E-state index in [1.165, 1.54) is 6.07 Å². The van der Waals surface area contributed by atoms with E-state index in [0.29, 0.717) is 28.5 Å². The van der Waals surface area contributed by atoms with Gasteiger partial charge in [-0.05, 0) is 31.7 Å². The van der Waals surface area contributed by atoms with Crippen molar-refractivity contribution in [2.24, 2.45) is 5.73 Å². The predicted octanol–water partition coefficient (Wildman–Crippen LogP) is 3.25. The molecule has 0 spiro atoms. The molecular formula is C21H22N4O2. The molecule has 0 bridgehead atoms. The van der Waals surface area contributed by atoms with Gasteiger partial charge in [0.1, 0.15) is 5.75 Å². The van der Waals surface area contributed by atoms with Gasteiger partial charge in [0.25, 0.3) is 0 Å². The molecule has 4 rings (SSSR count). The molecule has 2 aromatic carbocycles. The molecule has 1 aliphatic rings. The van der Waals surface area contributed by atoms with Crippen molar-refractivity contribution >= 4 is 22.6 Å². The summed E-state index contributed by atoms with van der Waals surface area (Å²) < 4.78 is 0. The van der Waals surface area contributed by atoms with Gasteiger partial charge in [0.15, 0.2) is 5.78 Å². The van der Waals surface area contributed by atoms with Gasteiger partial charge < -0.3 is 16.2 Å². The smallest absolute Gasteiger partial charge is 0.223 e. The number of benzene rings is 2. The Balaban J connectivity index is 1.59. The number of phenolic OH excluding ortho intramolecular Hbond substituents is 1. The van der Waals surface area contributed by atoms with E-state index in [9.17, 15) is 9.90 Å². The Kier molecular flexibility index (Phi) is 4.73. The number of anilines is 1. The molecule has 1 aliphatic carbocycles. The molecule has 0 saturated heterocycles. The summed E-state index contributed by atoms with van der Waals surface area (Å²) in [5.74, 6) is 0.227. The highest BCUT2D eigenvalue weighted by atomic mass is 16.3. The number of nitrogens with one attached hydrogen (secondary N) is 1. The summed E-state index contributed by atoms with van der Waals surface area (Å²) in [6.45, 7) is 0. The van der Waals surface area contributed by atoms with Crippen molar-refractivity contribution < 1.29 is 9.90 Å². The molecule has 0 unspecified atom stereocenters. The normalized spacial score (nSPS) is 19.7. The highest BCUT2D eigenvalue weighted by Gasteiger charge is 2.20. The van der Waals surface area contributed by atoms with Gasteiger partial charge in [0.2, 0.25) is 5.95 Å². The third-order valence-electron chi connectivity index (χ3n) is 5.08. The number of ketones is 1. The largest absolute Gasteiger partial charge is 0.507 e. The molecule has 0 atom stereocenters. The monoisotopic (exact) mass is 362 g/mol. The third-order valence-corrected chi connectivity index (χ3v) is 5.08. The number of phenols is 1. The molecular weight excluding hydrogens is 340 g/mol. The first-order valence-corrected chi connectivity index (χ1v) is 9.22. The summed E-state index contributed by atoms with van der Waals surface area (Å²) in [6.07, 6.45) is 5.67. The van der Waals surface area contributed by atoms with Crippen molar-refractivity contribution in [3.8, 4) is 5.75 Å². The Labute approximate surface area is 157 Å². The van der Waals surface area contributed by atoms with Crippen LogP contribution in [0, 0.1) is 0 Å². The minimum absolute atomic E-state index is 0.0790. The average Bonchev–Trinajstić information content (AvgIpc) is 2.69. The number of hydrogen-bond donors (Lipinski definition) is 3. The lowest BCUT2D eigenvalue weighted by molar-refractivity contribution is 0.103. The van der Waals surface area contributed by atoms with Gasteiger partial charge in [0.05, 0.1) is 11.1 Å². The minimum atomic E-state index is -0.226. The van der Waals surface area contributed by atoms with Crippen LogP contribution in [0.15, 0.2) is 48.7 Å². The van der Waals surface area contributed by atoms with Crippen LogP contribution in [-0.2, 0) is 0 Å². The summed E-state index contributed by atoms with van der Waals surface area (Å²) >= 11 is 0. The van der Waals surface area contributed by atoms with Gasteiger partial charge >= 0.3 is 0 Å². The van der Waals surface area contributed by atoms with E-state index in [1.807, 2.05) is 6.07 Å². The van der Waals surface area contributed by atoms with E-state index in [0.717, 1.165) is 25.7 Å². The van der Waals surface area contributed by atoms with Crippen LogP contribution in [0.4, 0.5) is 5.95 Å². The van der Waals surface area contributed by atoms with Gasteiger partial charge in [-0.25, -0.2) is 9.97 Å². The summed E-state index contributed by atoms with van der Waals surface area (Å²) in [5, 5.41) is 14.4. The summed E-state index contributed by atoms with van der Waals surface area (Å²) in [4.78, 5) is 21.5. The molecule has 6 nitrogen and oxygen atoms in total. The lowest BCUT2D eigenvalue weighted by Gasteiger charge is -2.26. The van der Waals surface area contributed by atoms with Crippen LogP contribution >= 0.6 is 0 Å². The SMILES string of the molecule is N[C@H]1CC[C@H](Nc2ncc3cc(C(=O)c4ccccc4)c(O)cc3n2)CC1. The number of rotatable bonds is 4. The molecule has 1 saturated carbocycles. The molecule has 1 aromatic heterocycles. The van der Waals surface area contributed by atoms with Gasteiger partial charge in [-0.3, -0.25) is 4.79 Å². The Bertz CT molecular complexity index is 967. The van der Waals surface area contributed by atoms with E-state index in [-0.39, 0.29) is 23.1 Å². The highest BCUT2D eigenvalue weighted by Crippen LogP contribution is 2.27. The van der Waals surface area contributed by atoms with Crippen molar-refractivity contribution in [1.29, 1.82) is 0 Å². The van der Waals surface area contributed by atoms with Crippen molar-refractivity contribution in [2.75, 3.05) is 5.32 Å². The molecule has 0 amide bonds. The number of aromatic hydroxyl groups is 1. The fourth-order valence-corrected chi connectivity index (χ4v) is 3.51. The second-order valence-electron chi connectivity index (χ2n) is 7.07. The summed E-state index contributed by atoms with van der Waals surface area (Å²) in [5.41, 5.74) is 7.33. The third kappa shape index (κ3) is 3.75. The first-order valence-electron chi connectivity index (χ1n) is 9.22. The zero-order valence-electron chi connectivity index (χ0n) is 14.9. The molecule has 6 heteroatoms. The van der Waals surface area contributed by atoms with Crippen LogP contribution in [0.3, 0.4) is 0 Å². The molecule has 4 N–H and O–H groups in total. The highest BCUT2D eigenvalue weighted by molar-refractivity contribution is 6.12. The Morgan fingerprint density at radius 3 is 2.59 bits per heavy atom. The maximum atomic E-state index is 12.6. The first kappa shape index (κ1) is 17.4. The van der Waals surface area contributed by atoms with Crippen molar-refractivity contribution in [2.45, 2.75) is 37.8 Å². The second kappa shape index (κ2) is 7.32. The fraction of sp³-hybridized carbons (Fsp3) is 0.286. The number of nitrogens with two attached hydrogens (primary N) is 1. The van der Waals surface area contributed by atoms with Crippen molar-refractivity contribution in [1.82, 2.24) is 9.97 Å². The van der Waals surface area contributed by atoms with Crippen LogP contribution in [0.2, 0.25) is 0 Å².